The zero-order valence-corrected chi connectivity index (χ0v) is 15.9. The van der Waals surface area contributed by atoms with Crippen LogP contribution in [0, 0.1) is 5.92 Å². The molecule has 1 atom stereocenters. The van der Waals surface area contributed by atoms with Crippen molar-refractivity contribution >= 4 is 22.9 Å². The predicted octanol–water partition coefficient (Wildman–Crippen LogP) is 2.13. The number of benzene rings is 1. The minimum atomic E-state index is -0.590. The highest BCUT2D eigenvalue weighted by molar-refractivity contribution is 5.97. The number of carbonyl (C=O) groups is 2. The minimum absolute atomic E-state index is 0.0508. The molecule has 1 fully saturated rings. The summed E-state index contributed by atoms with van der Waals surface area (Å²) >= 11 is 0. The standard InChI is InChI=1S/C19H26N4O4/c1-11(2)17(20)19(25)26-14-7-5-13(6-8-14)23(3)18(24)12-4-9-15-16(10-12)22-27-21-15/h4,9-11,13-14,17H,5-8,20H2,1-3H3/t13-,14-,17?. The lowest BCUT2D eigenvalue weighted by atomic mass is 9.91. The molecule has 1 saturated carbocycles. The van der Waals surface area contributed by atoms with Gasteiger partial charge in [0.15, 0.2) is 0 Å². The second-order valence-electron chi connectivity index (χ2n) is 7.52. The molecule has 0 aliphatic heterocycles. The van der Waals surface area contributed by atoms with Crippen LogP contribution < -0.4 is 5.73 Å². The van der Waals surface area contributed by atoms with E-state index < -0.39 is 6.04 Å². The number of fused-ring (bicyclic) bond motifs is 1. The van der Waals surface area contributed by atoms with E-state index in [1.807, 2.05) is 13.8 Å². The molecule has 0 spiro atoms. The van der Waals surface area contributed by atoms with Crippen LogP contribution in [-0.2, 0) is 9.53 Å². The Morgan fingerprint density at radius 2 is 1.85 bits per heavy atom. The van der Waals surface area contributed by atoms with Gasteiger partial charge in [-0.3, -0.25) is 9.59 Å². The van der Waals surface area contributed by atoms with Crippen LogP contribution in [0.2, 0.25) is 0 Å². The van der Waals surface area contributed by atoms with Gasteiger partial charge in [-0.05, 0) is 60.1 Å². The van der Waals surface area contributed by atoms with Gasteiger partial charge in [0, 0.05) is 18.7 Å². The molecule has 3 rings (SSSR count). The first kappa shape index (κ1) is 19.3. The van der Waals surface area contributed by atoms with Gasteiger partial charge in [-0.1, -0.05) is 13.8 Å². The second-order valence-corrected chi connectivity index (χ2v) is 7.52. The van der Waals surface area contributed by atoms with Crippen LogP contribution in [0.15, 0.2) is 22.8 Å². The number of nitrogens with two attached hydrogens (primary N) is 1. The molecule has 0 radical (unpaired) electrons. The first-order valence-corrected chi connectivity index (χ1v) is 9.32. The molecule has 1 aliphatic carbocycles. The van der Waals surface area contributed by atoms with Gasteiger partial charge >= 0.3 is 5.97 Å². The van der Waals surface area contributed by atoms with Gasteiger partial charge in [-0.25, -0.2) is 4.63 Å². The van der Waals surface area contributed by atoms with E-state index in [2.05, 4.69) is 14.9 Å². The fourth-order valence-electron chi connectivity index (χ4n) is 3.35. The fraction of sp³-hybridized carbons (Fsp3) is 0.579. The summed E-state index contributed by atoms with van der Waals surface area (Å²) in [5, 5.41) is 7.53. The number of amides is 1. The van der Waals surface area contributed by atoms with Gasteiger partial charge < -0.3 is 15.4 Å². The van der Waals surface area contributed by atoms with Crippen molar-refractivity contribution in [2.45, 2.75) is 57.7 Å². The molecular formula is C19H26N4O4. The minimum Gasteiger partial charge on any atom is -0.461 e. The summed E-state index contributed by atoms with van der Waals surface area (Å²) < 4.78 is 10.2. The van der Waals surface area contributed by atoms with Gasteiger partial charge in [0.2, 0.25) is 0 Å². The van der Waals surface area contributed by atoms with Crippen molar-refractivity contribution in [2.75, 3.05) is 7.05 Å². The van der Waals surface area contributed by atoms with Crippen LogP contribution in [0.5, 0.6) is 0 Å². The largest absolute Gasteiger partial charge is 0.461 e. The van der Waals surface area contributed by atoms with E-state index in [0.29, 0.717) is 16.6 Å². The van der Waals surface area contributed by atoms with Crippen LogP contribution >= 0.6 is 0 Å². The maximum Gasteiger partial charge on any atom is 0.323 e. The number of aromatic nitrogens is 2. The van der Waals surface area contributed by atoms with Crippen LogP contribution in [0.25, 0.3) is 11.0 Å². The average molecular weight is 374 g/mol. The number of rotatable bonds is 5. The van der Waals surface area contributed by atoms with E-state index in [-0.39, 0.29) is 29.9 Å². The van der Waals surface area contributed by atoms with Crippen LogP contribution in [0.3, 0.4) is 0 Å². The molecule has 1 aliphatic rings. The molecule has 0 saturated heterocycles. The molecule has 146 valence electrons. The Kier molecular flexibility index (Phi) is 5.74. The number of hydrogen-bond acceptors (Lipinski definition) is 7. The van der Waals surface area contributed by atoms with Gasteiger partial charge in [-0.15, -0.1) is 0 Å². The normalized spacial score (nSPS) is 21.2. The van der Waals surface area contributed by atoms with E-state index in [1.54, 1.807) is 30.1 Å². The Balaban J connectivity index is 1.55. The monoisotopic (exact) mass is 374 g/mol. The Morgan fingerprint density at radius 3 is 2.52 bits per heavy atom. The lowest BCUT2D eigenvalue weighted by Crippen LogP contribution is -2.43. The third kappa shape index (κ3) is 4.27. The predicted molar refractivity (Wildman–Crippen MR) is 98.8 cm³/mol. The summed E-state index contributed by atoms with van der Waals surface area (Å²) in [6.07, 6.45) is 2.89. The molecule has 8 nitrogen and oxygen atoms in total. The number of carbonyl (C=O) groups excluding carboxylic acids is 2. The highest BCUT2D eigenvalue weighted by Gasteiger charge is 2.30. The third-order valence-electron chi connectivity index (χ3n) is 5.29. The first-order valence-electron chi connectivity index (χ1n) is 9.32. The molecule has 2 aromatic rings. The second kappa shape index (κ2) is 8.04. The Bertz CT molecular complexity index is 811. The van der Waals surface area contributed by atoms with Crippen molar-refractivity contribution in [3.8, 4) is 0 Å². The summed E-state index contributed by atoms with van der Waals surface area (Å²) in [7, 11) is 1.80. The van der Waals surface area contributed by atoms with Crippen LogP contribution in [0.4, 0.5) is 0 Å². The highest BCUT2D eigenvalue weighted by atomic mass is 16.6. The molecule has 27 heavy (non-hydrogen) atoms. The summed E-state index contributed by atoms with van der Waals surface area (Å²) in [6, 6.07) is 4.66. The maximum atomic E-state index is 12.8. The fourth-order valence-corrected chi connectivity index (χ4v) is 3.35. The number of hydrogen-bond donors (Lipinski definition) is 1. The summed E-state index contributed by atoms with van der Waals surface area (Å²) in [4.78, 5) is 26.6. The lowest BCUT2D eigenvalue weighted by Gasteiger charge is -2.35. The van der Waals surface area contributed by atoms with Crippen LogP contribution in [-0.4, -0.2) is 52.3 Å². The van der Waals surface area contributed by atoms with Gasteiger partial charge in [0.1, 0.15) is 23.2 Å². The topological polar surface area (TPSA) is 112 Å². The quantitative estimate of drug-likeness (QED) is 0.798. The molecule has 1 amide bonds. The Morgan fingerprint density at radius 1 is 1.19 bits per heavy atom. The third-order valence-corrected chi connectivity index (χ3v) is 5.29. The summed E-state index contributed by atoms with van der Waals surface area (Å²) in [5.41, 5.74) is 7.58. The van der Waals surface area contributed by atoms with E-state index in [4.69, 9.17) is 10.5 Å². The van der Waals surface area contributed by atoms with Gasteiger partial charge in [-0.2, -0.15) is 0 Å². The zero-order chi connectivity index (χ0) is 19.6. The van der Waals surface area contributed by atoms with Crippen molar-refractivity contribution < 1.29 is 19.0 Å². The molecule has 1 aromatic heterocycles. The molecule has 8 heteroatoms. The van der Waals surface area contributed by atoms with Crippen molar-refractivity contribution in [3.63, 3.8) is 0 Å². The molecule has 2 N–H and O–H groups in total. The van der Waals surface area contributed by atoms with Crippen molar-refractivity contribution in [1.29, 1.82) is 0 Å². The molecule has 0 bridgehead atoms. The van der Waals surface area contributed by atoms with Crippen molar-refractivity contribution in [3.05, 3.63) is 23.8 Å². The lowest BCUT2D eigenvalue weighted by molar-refractivity contribution is -0.153. The van der Waals surface area contributed by atoms with Crippen LogP contribution in [0.1, 0.15) is 49.9 Å². The van der Waals surface area contributed by atoms with E-state index >= 15 is 0 Å². The summed E-state index contributed by atoms with van der Waals surface area (Å²) in [5.74, 6) is -0.357. The number of nitrogens with zero attached hydrogens (tertiary/aromatic N) is 3. The maximum absolute atomic E-state index is 12.8. The molecule has 1 unspecified atom stereocenters. The van der Waals surface area contributed by atoms with E-state index in [0.717, 1.165) is 25.7 Å². The Hall–Kier alpha value is -2.48. The molecule has 1 heterocycles. The van der Waals surface area contributed by atoms with E-state index in [1.165, 1.54) is 0 Å². The average Bonchev–Trinajstić information content (AvgIpc) is 3.14. The zero-order valence-electron chi connectivity index (χ0n) is 15.9. The van der Waals surface area contributed by atoms with Crippen molar-refractivity contribution in [1.82, 2.24) is 15.2 Å². The molecular weight excluding hydrogens is 348 g/mol. The number of esters is 1. The van der Waals surface area contributed by atoms with Crippen molar-refractivity contribution in [2.24, 2.45) is 11.7 Å². The van der Waals surface area contributed by atoms with Gasteiger partial charge in [0.05, 0.1) is 0 Å². The van der Waals surface area contributed by atoms with E-state index in [9.17, 15) is 9.59 Å². The van der Waals surface area contributed by atoms with Gasteiger partial charge in [0.25, 0.3) is 5.91 Å². The summed E-state index contributed by atoms with van der Waals surface area (Å²) in [6.45, 7) is 3.80. The first-order chi connectivity index (χ1) is 12.9. The number of ether oxygens (including phenoxy) is 1. The highest BCUT2D eigenvalue weighted by Crippen LogP contribution is 2.26. The molecule has 1 aromatic carbocycles. The smallest absolute Gasteiger partial charge is 0.323 e. The Labute approximate surface area is 158 Å². The SMILES string of the molecule is CC(C)C(N)C(=O)O[C@H]1CC[C@H](N(C)C(=O)c2ccc3nonc3c2)CC1.